The molecule has 0 radical (unpaired) electrons. The van der Waals surface area contributed by atoms with E-state index in [0.29, 0.717) is 0 Å². The van der Waals surface area contributed by atoms with E-state index in [2.05, 4.69) is 24.0 Å². The summed E-state index contributed by atoms with van der Waals surface area (Å²) >= 11 is 1.59. The number of aryl methyl sites for hydroxylation is 1. The Hall–Kier alpha value is -1.95. The average Bonchev–Trinajstić information content (AvgIpc) is 3.16. The number of thiophene rings is 1. The number of carbonyl (C=O) groups excluding carboxylic acids is 1. The quantitative estimate of drug-likeness (QED) is 0.497. The number of ether oxygens (including phenoxy) is 2. The van der Waals surface area contributed by atoms with Gasteiger partial charge in [0.05, 0.1) is 25.2 Å². The summed E-state index contributed by atoms with van der Waals surface area (Å²) in [5.41, 5.74) is 2.15. The SMILES string of the molecule is CCCc1ccc(C(=O)/C=C/c2ccc(OC)c(CN3CCOCC3)c2)s1. The molecular weight excluding hydrogens is 358 g/mol. The molecule has 0 spiro atoms. The molecule has 0 N–H and O–H groups in total. The maximum atomic E-state index is 12.4. The van der Waals surface area contributed by atoms with Gasteiger partial charge in [-0.2, -0.15) is 0 Å². The van der Waals surface area contributed by atoms with Gasteiger partial charge in [-0.25, -0.2) is 0 Å². The van der Waals surface area contributed by atoms with Crippen molar-refractivity contribution in [1.29, 1.82) is 0 Å². The molecule has 27 heavy (non-hydrogen) atoms. The van der Waals surface area contributed by atoms with Crippen LogP contribution in [0.15, 0.2) is 36.4 Å². The van der Waals surface area contributed by atoms with E-state index in [0.717, 1.165) is 67.4 Å². The van der Waals surface area contributed by atoms with E-state index >= 15 is 0 Å². The van der Waals surface area contributed by atoms with E-state index in [1.807, 2.05) is 24.3 Å². The number of benzene rings is 1. The zero-order valence-electron chi connectivity index (χ0n) is 16.1. The normalized spacial score (nSPS) is 15.3. The molecule has 0 saturated carbocycles. The third-order valence-electron chi connectivity index (χ3n) is 4.63. The lowest BCUT2D eigenvalue weighted by molar-refractivity contribution is 0.0339. The Morgan fingerprint density at radius 3 is 2.81 bits per heavy atom. The Morgan fingerprint density at radius 1 is 1.26 bits per heavy atom. The lowest BCUT2D eigenvalue weighted by Gasteiger charge is -2.27. The van der Waals surface area contributed by atoms with E-state index in [9.17, 15) is 4.79 Å². The van der Waals surface area contributed by atoms with Gasteiger partial charge < -0.3 is 9.47 Å². The Labute approximate surface area is 165 Å². The first-order chi connectivity index (χ1) is 13.2. The van der Waals surface area contributed by atoms with Crippen LogP contribution in [0.1, 0.15) is 39.0 Å². The predicted molar refractivity (Wildman–Crippen MR) is 111 cm³/mol. The first-order valence-electron chi connectivity index (χ1n) is 9.47. The Morgan fingerprint density at radius 2 is 2.07 bits per heavy atom. The molecule has 1 aliphatic rings. The van der Waals surface area contributed by atoms with Crippen molar-refractivity contribution in [1.82, 2.24) is 4.90 Å². The standard InChI is InChI=1S/C22H27NO3S/c1-3-4-19-7-10-22(27-19)20(24)8-5-17-6-9-21(25-2)18(15-17)16-23-11-13-26-14-12-23/h5-10,15H,3-4,11-14,16H2,1-2H3/b8-5+. The lowest BCUT2D eigenvalue weighted by atomic mass is 10.1. The predicted octanol–water partition coefficient (Wildman–Crippen LogP) is 4.44. The van der Waals surface area contributed by atoms with Crippen LogP contribution in [0.5, 0.6) is 5.75 Å². The second-order valence-corrected chi connectivity index (χ2v) is 7.84. The van der Waals surface area contributed by atoms with Gasteiger partial charge in [0.1, 0.15) is 5.75 Å². The molecule has 0 unspecified atom stereocenters. The summed E-state index contributed by atoms with van der Waals surface area (Å²) in [6, 6.07) is 10.1. The van der Waals surface area contributed by atoms with Crippen molar-refractivity contribution in [2.75, 3.05) is 33.4 Å². The van der Waals surface area contributed by atoms with Crippen LogP contribution in [0.3, 0.4) is 0 Å². The number of ketones is 1. The number of methoxy groups -OCH3 is 1. The summed E-state index contributed by atoms with van der Waals surface area (Å²) in [7, 11) is 1.70. The summed E-state index contributed by atoms with van der Waals surface area (Å²) in [4.78, 5) is 16.9. The van der Waals surface area contributed by atoms with E-state index < -0.39 is 0 Å². The van der Waals surface area contributed by atoms with Crippen molar-refractivity contribution in [3.63, 3.8) is 0 Å². The highest BCUT2D eigenvalue weighted by molar-refractivity contribution is 7.14. The Kier molecular flexibility index (Phi) is 7.21. The number of morpholine rings is 1. The first-order valence-corrected chi connectivity index (χ1v) is 10.3. The van der Waals surface area contributed by atoms with E-state index in [-0.39, 0.29) is 5.78 Å². The molecule has 3 rings (SSSR count). The van der Waals surface area contributed by atoms with Gasteiger partial charge in [0.25, 0.3) is 0 Å². The molecule has 0 amide bonds. The lowest BCUT2D eigenvalue weighted by Crippen LogP contribution is -2.35. The summed E-state index contributed by atoms with van der Waals surface area (Å²) in [6.07, 6.45) is 5.69. The fraction of sp³-hybridized carbons (Fsp3) is 0.409. The number of allylic oxidation sites excluding steroid dienone is 1. The van der Waals surface area contributed by atoms with Crippen LogP contribution in [-0.2, 0) is 17.7 Å². The van der Waals surface area contributed by atoms with Crippen LogP contribution in [-0.4, -0.2) is 44.1 Å². The molecule has 0 atom stereocenters. The zero-order valence-corrected chi connectivity index (χ0v) is 16.9. The van der Waals surface area contributed by atoms with Crippen molar-refractivity contribution in [2.24, 2.45) is 0 Å². The molecule has 0 aliphatic carbocycles. The van der Waals surface area contributed by atoms with Crippen LogP contribution in [0.4, 0.5) is 0 Å². The maximum Gasteiger partial charge on any atom is 0.195 e. The van der Waals surface area contributed by atoms with Gasteiger partial charge in [0.2, 0.25) is 0 Å². The molecule has 1 saturated heterocycles. The Bertz CT molecular complexity index is 791. The number of hydrogen-bond acceptors (Lipinski definition) is 5. The van der Waals surface area contributed by atoms with Crippen LogP contribution >= 0.6 is 11.3 Å². The van der Waals surface area contributed by atoms with Crippen molar-refractivity contribution in [2.45, 2.75) is 26.3 Å². The molecule has 1 fully saturated rings. The van der Waals surface area contributed by atoms with Gasteiger partial charge in [0, 0.05) is 30.1 Å². The molecule has 1 aromatic heterocycles. The fourth-order valence-electron chi connectivity index (χ4n) is 3.17. The summed E-state index contributed by atoms with van der Waals surface area (Å²) < 4.78 is 10.9. The number of hydrogen-bond donors (Lipinski definition) is 0. The molecular formula is C22H27NO3S. The van der Waals surface area contributed by atoms with E-state index in [1.165, 1.54) is 4.88 Å². The van der Waals surface area contributed by atoms with Crippen molar-refractivity contribution < 1.29 is 14.3 Å². The number of nitrogens with zero attached hydrogens (tertiary/aromatic N) is 1. The largest absolute Gasteiger partial charge is 0.496 e. The minimum absolute atomic E-state index is 0.0629. The smallest absolute Gasteiger partial charge is 0.195 e. The molecule has 1 aromatic carbocycles. The second-order valence-electron chi connectivity index (χ2n) is 6.67. The van der Waals surface area contributed by atoms with Crippen molar-refractivity contribution in [3.05, 3.63) is 57.3 Å². The third-order valence-corrected chi connectivity index (χ3v) is 5.79. The topological polar surface area (TPSA) is 38.8 Å². The second kappa shape index (κ2) is 9.83. The summed E-state index contributed by atoms with van der Waals surface area (Å²) in [6.45, 7) is 6.39. The molecule has 0 bridgehead atoms. The molecule has 5 heteroatoms. The zero-order chi connectivity index (χ0) is 19.1. The van der Waals surface area contributed by atoms with Gasteiger partial charge >= 0.3 is 0 Å². The third kappa shape index (κ3) is 5.51. The van der Waals surface area contributed by atoms with Gasteiger partial charge in [-0.05, 0) is 42.3 Å². The van der Waals surface area contributed by atoms with Crippen LogP contribution in [0, 0.1) is 0 Å². The molecule has 2 aromatic rings. The van der Waals surface area contributed by atoms with Crippen molar-refractivity contribution >= 4 is 23.2 Å². The van der Waals surface area contributed by atoms with Crippen LogP contribution in [0.25, 0.3) is 6.08 Å². The number of carbonyl (C=O) groups is 1. The molecule has 144 valence electrons. The van der Waals surface area contributed by atoms with Gasteiger partial charge in [-0.1, -0.05) is 25.5 Å². The first kappa shape index (κ1) is 19.8. The van der Waals surface area contributed by atoms with Crippen LogP contribution < -0.4 is 4.74 Å². The van der Waals surface area contributed by atoms with Crippen LogP contribution in [0.2, 0.25) is 0 Å². The highest BCUT2D eigenvalue weighted by atomic mass is 32.1. The fourth-order valence-corrected chi connectivity index (χ4v) is 4.20. The number of rotatable bonds is 8. The summed E-state index contributed by atoms with van der Waals surface area (Å²) in [5.74, 6) is 0.945. The highest BCUT2D eigenvalue weighted by Crippen LogP contribution is 2.24. The van der Waals surface area contributed by atoms with E-state index in [1.54, 1.807) is 24.5 Å². The molecule has 2 heterocycles. The highest BCUT2D eigenvalue weighted by Gasteiger charge is 2.13. The summed E-state index contributed by atoms with van der Waals surface area (Å²) in [5, 5.41) is 0. The minimum atomic E-state index is 0.0629. The van der Waals surface area contributed by atoms with Gasteiger partial charge in [0.15, 0.2) is 5.78 Å². The molecule has 4 nitrogen and oxygen atoms in total. The van der Waals surface area contributed by atoms with Crippen molar-refractivity contribution in [3.8, 4) is 5.75 Å². The van der Waals surface area contributed by atoms with Gasteiger partial charge in [-0.15, -0.1) is 11.3 Å². The van der Waals surface area contributed by atoms with E-state index in [4.69, 9.17) is 9.47 Å². The van der Waals surface area contributed by atoms with Gasteiger partial charge in [-0.3, -0.25) is 9.69 Å². The average molecular weight is 386 g/mol. The molecule has 1 aliphatic heterocycles. The monoisotopic (exact) mass is 385 g/mol. The maximum absolute atomic E-state index is 12.4. The Balaban J connectivity index is 1.70. The minimum Gasteiger partial charge on any atom is -0.496 e.